The molecule has 0 atom stereocenters. The number of likely N-dealkylation sites (N-methyl/N-ethyl adjacent to an activating group) is 1. The highest BCUT2D eigenvalue weighted by Gasteiger charge is 2.13. The number of nitrogens with zero attached hydrogens (tertiary/aromatic N) is 4. The Balaban J connectivity index is 1.41. The first-order valence-corrected chi connectivity index (χ1v) is 8.71. The van der Waals surface area contributed by atoms with Crippen LogP contribution in [0.15, 0.2) is 28.8 Å². The Bertz CT molecular complexity index is 618. The third-order valence-corrected chi connectivity index (χ3v) is 4.37. The molecule has 0 saturated carbocycles. The van der Waals surface area contributed by atoms with Crippen molar-refractivity contribution in [2.24, 2.45) is 0 Å². The number of hydrogen-bond acceptors (Lipinski definition) is 6. The standard InChI is InChI=1S/C18H26N4O2/c1-3-17-19-18(20-24-17)15-5-7-16(8-6-15)23-14-4-9-22-12-10-21(2)11-13-22/h5-8H,3-4,9-14H2,1-2H3. The molecule has 0 unspecified atom stereocenters. The molecule has 1 aliphatic heterocycles. The van der Waals surface area contributed by atoms with E-state index >= 15 is 0 Å². The molecule has 6 heteroatoms. The van der Waals surface area contributed by atoms with E-state index in [-0.39, 0.29) is 0 Å². The van der Waals surface area contributed by atoms with Gasteiger partial charge in [-0.25, -0.2) is 0 Å². The minimum Gasteiger partial charge on any atom is -0.494 e. The van der Waals surface area contributed by atoms with Gasteiger partial charge in [-0.2, -0.15) is 4.98 Å². The van der Waals surface area contributed by atoms with E-state index in [9.17, 15) is 0 Å². The number of ether oxygens (including phenoxy) is 1. The zero-order chi connectivity index (χ0) is 16.8. The molecular formula is C18H26N4O2. The number of aryl methyl sites for hydroxylation is 1. The smallest absolute Gasteiger partial charge is 0.226 e. The van der Waals surface area contributed by atoms with Gasteiger partial charge in [-0.05, 0) is 37.7 Å². The van der Waals surface area contributed by atoms with E-state index < -0.39 is 0 Å². The second-order valence-corrected chi connectivity index (χ2v) is 6.24. The van der Waals surface area contributed by atoms with E-state index in [1.165, 1.54) is 0 Å². The summed E-state index contributed by atoms with van der Waals surface area (Å²) in [5, 5.41) is 3.98. The van der Waals surface area contributed by atoms with Gasteiger partial charge in [0.15, 0.2) is 0 Å². The van der Waals surface area contributed by atoms with E-state index in [1.807, 2.05) is 31.2 Å². The summed E-state index contributed by atoms with van der Waals surface area (Å²) in [7, 11) is 2.18. The van der Waals surface area contributed by atoms with Gasteiger partial charge in [-0.1, -0.05) is 12.1 Å². The lowest BCUT2D eigenvalue weighted by Crippen LogP contribution is -2.44. The van der Waals surface area contributed by atoms with Crippen LogP contribution in [-0.2, 0) is 6.42 Å². The predicted molar refractivity (Wildman–Crippen MR) is 93.2 cm³/mol. The highest BCUT2D eigenvalue weighted by atomic mass is 16.5. The molecule has 3 rings (SSSR count). The van der Waals surface area contributed by atoms with Gasteiger partial charge in [0.25, 0.3) is 0 Å². The van der Waals surface area contributed by atoms with Crippen molar-refractivity contribution >= 4 is 0 Å². The van der Waals surface area contributed by atoms with Crippen LogP contribution in [0.3, 0.4) is 0 Å². The van der Waals surface area contributed by atoms with Gasteiger partial charge in [0.1, 0.15) is 5.75 Å². The summed E-state index contributed by atoms with van der Waals surface area (Å²) >= 11 is 0. The summed E-state index contributed by atoms with van der Waals surface area (Å²) in [4.78, 5) is 9.22. The summed E-state index contributed by atoms with van der Waals surface area (Å²) in [5.41, 5.74) is 0.947. The highest BCUT2D eigenvalue weighted by molar-refractivity contribution is 5.55. The Morgan fingerprint density at radius 3 is 2.54 bits per heavy atom. The van der Waals surface area contributed by atoms with Gasteiger partial charge < -0.3 is 19.1 Å². The van der Waals surface area contributed by atoms with Crippen LogP contribution in [0, 0.1) is 0 Å². The van der Waals surface area contributed by atoms with Crippen molar-refractivity contribution in [3.8, 4) is 17.1 Å². The molecule has 0 bridgehead atoms. The topological polar surface area (TPSA) is 54.6 Å². The lowest BCUT2D eigenvalue weighted by Gasteiger charge is -2.32. The maximum Gasteiger partial charge on any atom is 0.226 e. The fourth-order valence-corrected chi connectivity index (χ4v) is 2.77. The van der Waals surface area contributed by atoms with Crippen LogP contribution >= 0.6 is 0 Å². The number of hydrogen-bond donors (Lipinski definition) is 0. The maximum atomic E-state index is 5.83. The molecule has 24 heavy (non-hydrogen) atoms. The molecule has 0 amide bonds. The van der Waals surface area contributed by atoms with Crippen molar-refractivity contribution < 1.29 is 9.26 Å². The van der Waals surface area contributed by atoms with Gasteiger partial charge in [0.2, 0.25) is 11.7 Å². The zero-order valence-corrected chi connectivity index (χ0v) is 14.6. The molecule has 0 spiro atoms. The second-order valence-electron chi connectivity index (χ2n) is 6.24. The molecule has 6 nitrogen and oxygen atoms in total. The van der Waals surface area contributed by atoms with Gasteiger partial charge in [0, 0.05) is 44.7 Å². The molecule has 0 radical (unpaired) electrons. The van der Waals surface area contributed by atoms with Crippen molar-refractivity contribution in [1.82, 2.24) is 19.9 Å². The normalized spacial score (nSPS) is 16.4. The number of benzene rings is 1. The third-order valence-electron chi connectivity index (χ3n) is 4.37. The average molecular weight is 330 g/mol. The molecule has 0 N–H and O–H groups in total. The zero-order valence-electron chi connectivity index (χ0n) is 14.6. The van der Waals surface area contributed by atoms with Crippen molar-refractivity contribution in [1.29, 1.82) is 0 Å². The lowest BCUT2D eigenvalue weighted by atomic mass is 10.2. The molecule has 1 aromatic carbocycles. The SMILES string of the molecule is CCc1nc(-c2ccc(OCCCN3CCN(C)CC3)cc2)no1. The molecule has 1 aliphatic rings. The van der Waals surface area contributed by atoms with E-state index in [2.05, 4.69) is 27.0 Å². The third kappa shape index (κ3) is 4.55. The molecule has 1 fully saturated rings. The van der Waals surface area contributed by atoms with Crippen molar-refractivity contribution in [2.75, 3.05) is 46.4 Å². The number of piperazine rings is 1. The Morgan fingerprint density at radius 1 is 1.12 bits per heavy atom. The fourth-order valence-electron chi connectivity index (χ4n) is 2.77. The van der Waals surface area contributed by atoms with E-state index in [4.69, 9.17) is 9.26 Å². The first-order chi connectivity index (χ1) is 11.7. The van der Waals surface area contributed by atoms with E-state index in [0.29, 0.717) is 11.7 Å². The quantitative estimate of drug-likeness (QED) is 0.726. The predicted octanol–water partition coefficient (Wildman–Crippen LogP) is 2.32. The minimum atomic E-state index is 0.633. The van der Waals surface area contributed by atoms with Crippen LogP contribution in [0.5, 0.6) is 5.75 Å². The average Bonchev–Trinajstić information content (AvgIpc) is 3.10. The Labute approximate surface area is 143 Å². The van der Waals surface area contributed by atoms with Crippen LogP contribution in [0.4, 0.5) is 0 Å². The summed E-state index contributed by atoms with van der Waals surface area (Å²) in [5.74, 6) is 2.18. The molecule has 2 heterocycles. The monoisotopic (exact) mass is 330 g/mol. The highest BCUT2D eigenvalue weighted by Crippen LogP contribution is 2.20. The Hall–Kier alpha value is -1.92. The first-order valence-electron chi connectivity index (χ1n) is 8.71. The Kier molecular flexibility index (Phi) is 5.82. The Morgan fingerprint density at radius 2 is 1.88 bits per heavy atom. The number of aromatic nitrogens is 2. The summed E-state index contributed by atoms with van der Waals surface area (Å²) in [6.07, 6.45) is 1.80. The van der Waals surface area contributed by atoms with Gasteiger partial charge in [-0.3, -0.25) is 0 Å². The van der Waals surface area contributed by atoms with Crippen molar-refractivity contribution in [3.05, 3.63) is 30.2 Å². The maximum absolute atomic E-state index is 5.83. The molecule has 1 aromatic heterocycles. The molecule has 2 aromatic rings. The molecule has 0 aliphatic carbocycles. The van der Waals surface area contributed by atoms with Crippen molar-refractivity contribution in [2.45, 2.75) is 19.8 Å². The van der Waals surface area contributed by atoms with Crippen LogP contribution < -0.4 is 4.74 Å². The van der Waals surface area contributed by atoms with E-state index in [0.717, 1.165) is 63.5 Å². The summed E-state index contributed by atoms with van der Waals surface area (Å²) < 4.78 is 11.0. The molecular weight excluding hydrogens is 304 g/mol. The van der Waals surface area contributed by atoms with Crippen LogP contribution in [0.1, 0.15) is 19.2 Å². The van der Waals surface area contributed by atoms with Crippen LogP contribution in [0.25, 0.3) is 11.4 Å². The van der Waals surface area contributed by atoms with Gasteiger partial charge in [0.05, 0.1) is 6.61 Å². The largest absolute Gasteiger partial charge is 0.494 e. The van der Waals surface area contributed by atoms with Crippen LogP contribution in [-0.4, -0.2) is 66.3 Å². The van der Waals surface area contributed by atoms with Crippen LogP contribution in [0.2, 0.25) is 0 Å². The molecule has 1 saturated heterocycles. The number of rotatable bonds is 7. The van der Waals surface area contributed by atoms with Gasteiger partial charge in [-0.15, -0.1) is 0 Å². The van der Waals surface area contributed by atoms with Gasteiger partial charge >= 0.3 is 0 Å². The summed E-state index contributed by atoms with van der Waals surface area (Å²) in [6.45, 7) is 8.50. The second kappa shape index (κ2) is 8.26. The molecule has 130 valence electrons. The summed E-state index contributed by atoms with van der Waals surface area (Å²) in [6, 6.07) is 7.88. The van der Waals surface area contributed by atoms with Crippen molar-refractivity contribution in [3.63, 3.8) is 0 Å². The van der Waals surface area contributed by atoms with E-state index in [1.54, 1.807) is 0 Å². The lowest BCUT2D eigenvalue weighted by molar-refractivity contribution is 0.145. The first kappa shape index (κ1) is 16.9. The minimum absolute atomic E-state index is 0.633. The fraction of sp³-hybridized carbons (Fsp3) is 0.556.